The lowest BCUT2D eigenvalue weighted by Gasteiger charge is -2.17. The Hall–Kier alpha value is -2.31. The van der Waals surface area contributed by atoms with Crippen LogP contribution in [0.1, 0.15) is 20.8 Å². The molecule has 116 valence electrons. The number of hydrogen-bond acceptors (Lipinski definition) is 5. The van der Waals surface area contributed by atoms with Crippen LogP contribution >= 0.6 is 0 Å². The van der Waals surface area contributed by atoms with E-state index in [1.807, 2.05) is 13.8 Å². The molecule has 0 fully saturated rings. The standard InChI is InChI=1S/C14H22N4O3/c1-9(2)8-16-14(19)10(3)17-12-7-5-6-11(15-4)13(12)18(20)21/h5-7,9-10,15,17H,8H2,1-4H3,(H,16,19). The second-order valence-electron chi connectivity index (χ2n) is 5.21. The highest BCUT2D eigenvalue weighted by Gasteiger charge is 2.22. The first-order valence-corrected chi connectivity index (χ1v) is 6.86. The van der Waals surface area contributed by atoms with Gasteiger partial charge in [0, 0.05) is 13.6 Å². The van der Waals surface area contributed by atoms with E-state index >= 15 is 0 Å². The third-order valence-corrected chi connectivity index (χ3v) is 2.94. The lowest BCUT2D eigenvalue weighted by atomic mass is 10.2. The number of carbonyl (C=O) groups is 1. The van der Waals surface area contributed by atoms with Crippen LogP contribution in [0.4, 0.5) is 17.1 Å². The highest BCUT2D eigenvalue weighted by Crippen LogP contribution is 2.32. The predicted octanol–water partition coefficient (Wildman–Crippen LogP) is 2.21. The first kappa shape index (κ1) is 16.7. The predicted molar refractivity (Wildman–Crippen MR) is 83.6 cm³/mol. The number of benzene rings is 1. The van der Waals surface area contributed by atoms with Crippen LogP contribution in [-0.2, 0) is 4.79 Å². The zero-order valence-corrected chi connectivity index (χ0v) is 12.8. The van der Waals surface area contributed by atoms with Crippen molar-refractivity contribution in [2.24, 2.45) is 5.92 Å². The summed E-state index contributed by atoms with van der Waals surface area (Å²) in [6, 6.07) is 4.34. The fraction of sp³-hybridized carbons (Fsp3) is 0.500. The number of rotatable bonds is 7. The van der Waals surface area contributed by atoms with Crippen molar-refractivity contribution in [3.63, 3.8) is 0 Å². The summed E-state index contributed by atoms with van der Waals surface area (Å²) in [7, 11) is 1.62. The summed E-state index contributed by atoms with van der Waals surface area (Å²) in [5.41, 5.74) is 0.655. The van der Waals surface area contributed by atoms with Crippen LogP contribution in [0.25, 0.3) is 0 Å². The number of para-hydroxylation sites is 1. The zero-order chi connectivity index (χ0) is 16.0. The Kier molecular flexibility index (Phi) is 5.95. The molecule has 3 N–H and O–H groups in total. The highest BCUT2D eigenvalue weighted by molar-refractivity contribution is 5.86. The van der Waals surface area contributed by atoms with E-state index in [-0.39, 0.29) is 11.6 Å². The SMILES string of the molecule is CNc1cccc(NC(C)C(=O)NCC(C)C)c1[N+](=O)[O-]. The smallest absolute Gasteiger partial charge is 0.315 e. The Balaban J connectivity index is 2.87. The van der Waals surface area contributed by atoms with Crippen LogP contribution in [0, 0.1) is 16.0 Å². The van der Waals surface area contributed by atoms with Crippen LogP contribution in [0.2, 0.25) is 0 Å². The van der Waals surface area contributed by atoms with Gasteiger partial charge in [0.25, 0.3) is 0 Å². The average molecular weight is 294 g/mol. The Morgan fingerprint density at radius 2 is 1.90 bits per heavy atom. The lowest BCUT2D eigenvalue weighted by Crippen LogP contribution is -2.39. The van der Waals surface area contributed by atoms with Crippen molar-refractivity contribution in [3.05, 3.63) is 28.3 Å². The average Bonchev–Trinajstić information content (AvgIpc) is 2.43. The van der Waals surface area contributed by atoms with E-state index in [2.05, 4.69) is 16.0 Å². The molecule has 1 rings (SSSR count). The normalized spacial score (nSPS) is 11.9. The molecule has 21 heavy (non-hydrogen) atoms. The fourth-order valence-electron chi connectivity index (χ4n) is 1.82. The molecule has 0 radical (unpaired) electrons. The number of anilines is 2. The van der Waals surface area contributed by atoms with Crippen LogP contribution in [-0.4, -0.2) is 30.5 Å². The lowest BCUT2D eigenvalue weighted by molar-refractivity contribution is -0.383. The van der Waals surface area contributed by atoms with Crippen molar-refractivity contribution in [3.8, 4) is 0 Å². The largest absolute Gasteiger partial charge is 0.382 e. The minimum atomic E-state index is -0.561. The molecule has 1 aromatic rings. The van der Waals surface area contributed by atoms with Crippen LogP contribution in [0.5, 0.6) is 0 Å². The summed E-state index contributed by atoms with van der Waals surface area (Å²) in [6.07, 6.45) is 0. The van der Waals surface area contributed by atoms with Crippen molar-refractivity contribution < 1.29 is 9.72 Å². The molecule has 0 aliphatic heterocycles. The van der Waals surface area contributed by atoms with Gasteiger partial charge in [0.1, 0.15) is 17.4 Å². The summed E-state index contributed by atoms with van der Waals surface area (Å²) in [4.78, 5) is 22.7. The van der Waals surface area contributed by atoms with E-state index in [1.165, 1.54) is 0 Å². The Morgan fingerprint density at radius 1 is 1.29 bits per heavy atom. The van der Waals surface area contributed by atoms with Gasteiger partial charge in [-0.3, -0.25) is 14.9 Å². The summed E-state index contributed by atoms with van der Waals surface area (Å²) in [5, 5.41) is 19.7. The quantitative estimate of drug-likeness (QED) is 0.529. The molecule has 0 aromatic heterocycles. The molecule has 1 amide bonds. The van der Waals surface area contributed by atoms with Gasteiger partial charge in [-0.15, -0.1) is 0 Å². The zero-order valence-electron chi connectivity index (χ0n) is 12.8. The molecule has 0 aliphatic rings. The summed E-state index contributed by atoms with van der Waals surface area (Å²) < 4.78 is 0. The third kappa shape index (κ3) is 4.62. The Morgan fingerprint density at radius 3 is 2.43 bits per heavy atom. The van der Waals surface area contributed by atoms with Gasteiger partial charge in [0.2, 0.25) is 5.91 Å². The number of carbonyl (C=O) groups excluding carboxylic acids is 1. The van der Waals surface area contributed by atoms with Gasteiger partial charge in [0.05, 0.1) is 4.92 Å². The fourth-order valence-corrected chi connectivity index (χ4v) is 1.82. The number of nitro groups is 1. The van der Waals surface area contributed by atoms with E-state index < -0.39 is 11.0 Å². The second-order valence-corrected chi connectivity index (χ2v) is 5.21. The van der Waals surface area contributed by atoms with Crippen molar-refractivity contribution in [2.75, 3.05) is 24.2 Å². The summed E-state index contributed by atoms with van der Waals surface area (Å²) in [6.45, 7) is 6.24. The first-order valence-electron chi connectivity index (χ1n) is 6.86. The van der Waals surface area contributed by atoms with Gasteiger partial charge in [-0.25, -0.2) is 0 Å². The van der Waals surface area contributed by atoms with Crippen LogP contribution in [0.15, 0.2) is 18.2 Å². The molecule has 1 unspecified atom stereocenters. The Bertz CT molecular complexity index is 517. The number of nitro benzene ring substituents is 1. The molecule has 7 heteroatoms. The minimum Gasteiger partial charge on any atom is -0.382 e. The first-order chi connectivity index (χ1) is 9.86. The van der Waals surface area contributed by atoms with Crippen molar-refractivity contribution in [1.82, 2.24) is 5.32 Å². The van der Waals surface area contributed by atoms with Gasteiger partial charge < -0.3 is 16.0 Å². The van der Waals surface area contributed by atoms with Crippen molar-refractivity contribution in [1.29, 1.82) is 0 Å². The number of amides is 1. The van der Waals surface area contributed by atoms with Gasteiger partial charge in [-0.1, -0.05) is 19.9 Å². The topological polar surface area (TPSA) is 96.3 Å². The monoisotopic (exact) mass is 294 g/mol. The molecule has 0 saturated carbocycles. The van der Waals surface area contributed by atoms with E-state index in [9.17, 15) is 14.9 Å². The minimum absolute atomic E-state index is 0.0662. The third-order valence-electron chi connectivity index (χ3n) is 2.94. The highest BCUT2D eigenvalue weighted by atomic mass is 16.6. The molecular weight excluding hydrogens is 272 g/mol. The van der Waals surface area contributed by atoms with E-state index in [0.29, 0.717) is 23.8 Å². The second kappa shape index (κ2) is 7.47. The van der Waals surface area contributed by atoms with Gasteiger partial charge in [-0.05, 0) is 25.0 Å². The molecule has 0 heterocycles. The molecule has 0 aliphatic carbocycles. The number of nitrogens with zero attached hydrogens (tertiary/aromatic N) is 1. The van der Waals surface area contributed by atoms with Gasteiger partial charge in [-0.2, -0.15) is 0 Å². The van der Waals surface area contributed by atoms with E-state index in [4.69, 9.17) is 0 Å². The van der Waals surface area contributed by atoms with Crippen LogP contribution < -0.4 is 16.0 Å². The molecule has 0 spiro atoms. The maximum Gasteiger partial charge on any atom is 0.315 e. The van der Waals surface area contributed by atoms with Crippen LogP contribution in [0.3, 0.4) is 0 Å². The number of hydrogen-bond donors (Lipinski definition) is 3. The summed E-state index contributed by atoms with van der Waals surface area (Å²) >= 11 is 0. The summed E-state index contributed by atoms with van der Waals surface area (Å²) in [5.74, 6) is 0.163. The molecule has 1 atom stereocenters. The Labute approximate surface area is 124 Å². The maximum absolute atomic E-state index is 11.9. The van der Waals surface area contributed by atoms with E-state index in [1.54, 1.807) is 32.2 Å². The number of nitrogens with one attached hydrogen (secondary N) is 3. The van der Waals surface area contributed by atoms with E-state index in [0.717, 1.165) is 0 Å². The van der Waals surface area contributed by atoms with Crippen molar-refractivity contribution in [2.45, 2.75) is 26.8 Å². The molecule has 7 nitrogen and oxygen atoms in total. The van der Waals surface area contributed by atoms with Gasteiger partial charge in [0.15, 0.2) is 0 Å². The molecule has 0 saturated heterocycles. The maximum atomic E-state index is 11.9. The molecular formula is C14H22N4O3. The molecule has 0 bridgehead atoms. The van der Waals surface area contributed by atoms with Gasteiger partial charge >= 0.3 is 5.69 Å². The molecule has 1 aromatic carbocycles. The van der Waals surface area contributed by atoms with Crippen molar-refractivity contribution >= 4 is 23.0 Å².